The van der Waals surface area contributed by atoms with E-state index in [0.717, 1.165) is 50.9 Å². The first-order valence-electron chi connectivity index (χ1n) is 8.32. The fourth-order valence-corrected chi connectivity index (χ4v) is 3.34. The molecule has 1 atom stereocenters. The Hall–Kier alpha value is -1.24. The third kappa shape index (κ3) is 4.88. The fourth-order valence-electron chi connectivity index (χ4n) is 3.34. The lowest BCUT2D eigenvalue weighted by atomic mass is 10.0. The zero-order chi connectivity index (χ0) is 16.2. The summed E-state index contributed by atoms with van der Waals surface area (Å²) in [5.41, 5.74) is 0.779. The Bertz CT molecular complexity index is 559. The first-order chi connectivity index (χ1) is 11.1. The molecule has 3 rings (SSSR count). The average Bonchev–Trinajstić information content (AvgIpc) is 3.07. The molecular formula is C17H24ClF2N3O. The maximum Gasteiger partial charge on any atom is 0.237 e. The minimum Gasteiger partial charge on any atom is -0.352 e. The van der Waals surface area contributed by atoms with Crippen LogP contribution in [0.1, 0.15) is 31.2 Å². The van der Waals surface area contributed by atoms with Gasteiger partial charge in [0.25, 0.3) is 0 Å². The van der Waals surface area contributed by atoms with E-state index in [9.17, 15) is 13.6 Å². The summed E-state index contributed by atoms with van der Waals surface area (Å²) in [6, 6.07) is 4.24. The van der Waals surface area contributed by atoms with E-state index in [2.05, 4.69) is 15.5 Å². The van der Waals surface area contributed by atoms with E-state index in [1.807, 2.05) is 0 Å². The molecule has 2 N–H and O–H groups in total. The summed E-state index contributed by atoms with van der Waals surface area (Å²) in [5, 5.41) is 6.33. The van der Waals surface area contributed by atoms with Gasteiger partial charge in [0.15, 0.2) is 11.6 Å². The lowest BCUT2D eigenvalue weighted by Gasteiger charge is -2.32. The van der Waals surface area contributed by atoms with Gasteiger partial charge in [-0.25, -0.2) is 8.78 Å². The van der Waals surface area contributed by atoms with E-state index >= 15 is 0 Å². The van der Waals surface area contributed by atoms with Crippen LogP contribution in [0.25, 0.3) is 0 Å². The van der Waals surface area contributed by atoms with Crippen molar-refractivity contribution < 1.29 is 13.6 Å². The van der Waals surface area contributed by atoms with Gasteiger partial charge in [-0.1, -0.05) is 6.07 Å². The highest BCUT2D eigenvalue weighted by molar-refractivity contribution is 5.85. The quantitative estimate of drug-likeness (QED) is 0.866. The third-order valence-electron chi connectivity index (χ3n) is 4.70. The molecule has 2 saturated heterocycles. The molecule has 0 aliphatic carbocycles. The van der Waals surface area contributed by atoms with Gasteiger partial charge in [-0.15, -0.1) is 12.4 Å². The molecule has 0 spiro atoms. The number of benzene rings is 1. The van der Waals surface area contributed by atoms with E-state index in [1.165, 1.54) is 12.1 Å². The number of piperidine rings is 1. The van der Waals surface area contributed by atoms with Crippen LogP contribution in [0.2, 0.25) is 0 Å². The van der Waals surface area contributed by atoms with Crippen LogP contribution in [-0.4, -0.2) is 42.5 Å². The molecule has 7 heteroatoms. The summed E-state index contributed by atoms with van der Waals surface area (Å²) in [6.07, 6.45) is 3.76. The lowest BCUT2D eigenvalue weighted by molar-refractivity contribution is -0.123. The van der Waals surface area contributed by atoms with Crippen LogP contribution >= 0.6 is 12.4 Å². The minimum absolute atomic E-state index is 0. The highest BCUT2D eigenvalue weighted by Gasteiger charge is 2.26. The summed E-state index contributed by atoms with van der Waals surface area (Å²) < 4.78 is 26.2. The van der Waals surface area contributed by atoms with E-state index in [0.29, 0.717) is 6.54 Å². The normalized spacial score (nSPS) is 22.2. The molecule has 134 valence electrons. The molecule has 0 bridgehead atoms. The zero-order valence-electron chi connectivity index (χ0n) is 13.6. The Labute approximate surface area is 147 Å². The van der Waals surface area contributed by atoms with Gasteiger partial charge >= 0.3 is 0 Å². The van der Waals surface area contributed by atoms with Crippen molar-refractivity contribution >= 4 is 18.3 Å². The number of amides is 1. The number of carbonyl (C=O) groups is 1. The highest BCUT2D eigenvalue weighted by Crippen LogP contribution is 2.16. The number of carbonyl (C=O) groups excluding carboxylic acids is 1. The highest BCUT2D eigenvalue weighted by atomic mass is 35.5. The van der Waals surface area contributed by atoms with Crippen molar-refractivity contribution in [3.8, 4) is 0 Å². The molecule has 24 heavy (non-hydrogen) atoms. The zero-order valence-corrected chi connectivity index (χ0v) is 14.4. The second kappa shape index (κ2) is 8.74. The molecule has 2 aliphatic heterocycles. The summed E-state index contributed by atoms with van der Waals surface area (Å²) in [6.45, 7) is 3.23. The summed E-state index contributed by atoms with van der Waals surface area (Å²) in [5.74, 6) is -1.49. The monoisotopic (exact) mass is 359 g/mol. The first-order valence-corrected chi connectivity index (χ1v) is 8.32. The number of halogens is 3. The largest absolute Gasteiger partial charge is 0.352 e. The van der Waals surface area contributed by atoms with Crippen LogP contribution in [-0.2, 0) is 11.3 Å². The Morgan fingerprint density at radius 1 is 1.21 bits per heavy atom. The standard InChI is InChI=1S/C17H23F2N3O.ClH/c18-14-4-3-12(10-15(14)19)11-22-8-5-13(6-9-22)21-17(23)16-2-1-7-20-16;/h3-4,10,13,16,20H,1-2,5-9,11H2,(H,21,23);1H. The van der Waals surface area contributed by atoms with Crippen molar-refractivity contribution in [2.75, 3.05) is 19.6 Å². The maximum absolute atomic E-state index is 13.2. The molecular weight excluding hydrogens is 336 g/mol. The lowest BCUT2D eigenvalue weighted by Crippen LogP contribution is -2.49. The average molecular weight is 360 g/mol. The number of nitrogens with zero attached hydrogens (tertiary/aromatic N) is 1. The molecule has 2 fully saturated rings. The van der Waals surface area contributed by atoms with Crippen LogP contribution in [0.3, 0.4) is 0 Å². The van der Waals surface area contributed by atoms with E-state index in [4.69, 9.17) is 0 Å². The minimum atomic E-state index is -0.810. The van der Waals surface area contributed by atoms with Crippen LogP contribution in [0.5, 0.6) is 0 Å². The molecule has 0 aromatic heterocycles. The van der Waals surface area contributed by atoms with Crippen LogP contribution < -0.4 is 10.6 Å². The molecule has 1 amide bonds. The van der Waals surface area contributed by atoms with Gasteiger partial charge in [-0.05, 0) is 49.9 Å². The van der Waals surface area contributed by atoms with Crippen molar-refractivity contribution in [2.45, 2.75) is 44.3 Å². The summed E-state index contributed by atoms with van der Waals surface area (Å²) >= 11 is 0. The molecule has 1 aromatic carbocycles. The smallest absolute Gasteiger partial charge is 0.237 e. The number of rotatable bonds is 4. The molecule has 2 heterocycles. The van der Waals surface area contributed by atoms with E-state index in [-0.39, 0.29) is 30.4 Å². The SMILES string of the molecule is Cl.O=C(NC1CCN(Cc2ccc(F)c(F)c2)CC1)C1CCCN1. The number of likely N-dealkylation sites (tertiary alicyclic amines) is 1. The molecule has 0 radical (unpaired) electrons. The Kier molecular flexibility index (Phi) is 6.95. The maximum atomic E-state index is 13.2. The van der Waals surface area contributed by atoms with Gasteiger partial charge in [-0.3, -0.25) is 9.69 Å². The number of hydrogen-bond donors (Lipinski definition) is 2. The number of nitrogens with one attached hydrogen (secondary N) is 2. The van der Waals surface area contributed by atoms with Crippen molar-refractivity contribution in [3.05, 3.63) is 35.4 Å². The van der Waals surface area contributed by atoms with Gasteiger partial charge in [0.2, 0.25) is 5.91 Å². The molecule has 4 nitrogen and oxygen atoms in total. The van der Waals surface area contributed by atoms with Crippen LogP contribution in [0, 0.1) is 11.6 Å². The second-order valence-electron chi connectivity index (χ2n) is 6.46. The number of hydrogen-bond acceptors (Lipinski definition) is 3. The summed E-state index contributed by atoms with van der Waals surface area (Å²) in [4.78, 5) is 14.3. The fraction of sp³-hybridized carbons (Fsp3) is 0.588. The van der Waals surface area contributed by atoms with E-state index < -0.39 is 11.6 Å². The van der Waals surface area contributed by atoms with Gasteiger partial charge in [0.05, 0.1) is 6.04 Å². The molecule has 2 aliphatic rings. The van der Waals surface area contributed by atoms with Crippen molar-refractivity contribution in [2.24, 2.45) is 0 Å². The Morgan fingerprint density at radius 3 is 2.58 bits per heavy atom. The van der Waals surface area contributed by atoms with Crippen molar-refractivity contribution in [3.63, 3.8) is 0 Å². The Balaban J connectivity index is 0.00000208. The van der Waals surface area contributed by atoms with Crippen molar-refractivity contribution in [1.82, 2.24) is 15.5 Å². The van der Waals surface area contributed by atoms with E-state index in [1.54, 1.807) is 6.07 Å². The summed E-state index contributed by atoms with van der Waals surface area (Å²) in [7, 11) is 0. The molecule has 1 unspecified atom stereocenters. The first kappa shape index (κ1) is 19.1. The predicted octanol–water partition coefficient (Wildman–Crippen LogP) is 2.22. The molecule has 0 saturated carbocycles. The van der Waals surface area contributed by atoms with Gasteiger partial charge in [0, 0.05) is 25.7 Å². The van der Waals surface area contributed by atoms with Gasteiger partial charge in [-0.2, -0.15) is 0 Å². The second-order valence-corrected chi connectivity index (χ2v) is 6.46. The van der Waals surface area contributed by atoms with Crippen molar-refractivity contribution in [1.29, 1.82) is 0 Å². The van der Waals surface area contributed by atoms with Gasteiger partial charge < -0.3 is 10.6 Å². The van der Waals surface area contributed by atoms with Crippen LogP contribution in [0.4, 0.5) is 8.78 Å². The third-order valence-corrected chi connectivity index (χ3v) is 4.70. The predicted molar refractivity (Wildman–Crippen MR) is 91.1 cm³/mol. The Morgan fingerprint density at radius 2 is 1.96 bits per heavy atom. The van der Waals surface area contributed by atoms with Gasteiger partial charge in [0.1, 0.15) is 0 Å². The topological polar surface area (TPSA) is 44.4 Å². The molecule has 1 aromatic rings. The van der Waals surface area contributed by atoms with Crippen LogP contribution in [0.15, 0.2) is 18.2 Å².